The molecular formula is C14H28N2O. The van der Waals surface area contributed by atoms with Gasteiger partial charge in [-0.05, 0) is 34.6 Å². The Bertz CT molecular complexity index is 289. The van der Waals surface area contributed by atoms with Crippen LogP contribution in [0.25, 0.3) is 0 Å². The maximum absolute atomic E-state index is 12.2. The molecule has 1 saturated heterocycles. The fraction of sp³-hybridized carbons (Fsp3) is 0.929. The number of hydrogen-bond donors (Lipinski definition) is 0. The molecule has 1 rings (SSSR count). The van der Waals surface area contributed by atoms with Crippen molar-refractivity contribution < 1.29 is 4.79 Å². The van der Waals surface area contributed by atoms with Crippen molar-refractivity contribution in [2.45, 2.75) is 59.5 Å². The second kappa shape index (κ2) is 4.60. The van der Waals surface area contributed by atoms with E-state index in [1.165, 1.54) is 0 Å². The molecule has 100 valence electrons. The zero-order valence-corrected chi connectivity index (χ0v) is 12.5. The Morgan fingerprint density at radius 1 is 1.18 bits per heavy atom. The van der Waals surface area contributed by atoms with Crippen LogP contribution in [0.3, 0.4) is 0 Å². The predicted molar refractivity (Wildman–Crippen MR) is 72.0 cm³/mol. The van der Waals surface area contributed by atoms with Crippen LogP contribution in [0, 0.1) is 5.92 Å². The van der Waals surface area contributed by atoms with Gasteiger partial charge in [0.25, 0.3) is 0 Å². The second-order valence-corrected chi connectivity index (χ2v) is 7.05. The molecule has 0 aromatic rings. The predicted octanol–water partition coefficient (Wildman–Crippen LogP) is 2.36. The van der Waals surface area contributed by atoms with Crippen LogP contribution >= 0.6 is 0 Å². The van der Waals surface area contributed by atoms with Crippen LogP contribution in [0.4, 0.5) is 0 Å². The molecule has 0 bridgehead atoms. The van der Waals surface area contributed by atoms with E-state index in [0.29, 0.717) is 0 Å². The van der Waals surface area contributed by atoms with Crippen LogP contribution in [-0.2, 0) is 4.79 Å². The highest BCUT2D eigenvalue weighted by Crippen LogP contribution is 2.27. The number of nitrogens with zero attached hydrogens (tertiary/aromatic N) is 2. The van der Waals surface area contributed by atoms with E-state index in [1.807, 2.05) is 13.8 Å². The lowest BCUT2D eigenvalue weighted by Crippen LogP contribution is -2.64. The van der Waals surface area contributed by atoms with Gasteiger partial charge in [-0.2, -0.15) is 0 Å². The molecule has 1 aliphatic rings. The highest BCUT2D eigenvalue weighted by Gasteiger charge is 2.40. The largest absolute Gasteiger partial charge is 0.335 e. The van der Waals surface area contributed by atoms with Crippen molar-refractivity contribution in [2.24, 2.45) is 5.92 Å². The Morgan fingerprint density at radius 3 is 2.06 bits per heavy atom. The van der Waals surface area contributed by atoms with Crippen molar-refractivity contribution in [3.05, 3.63) is 0 Å². The van der Waals surface area contributed by atoms with E-state index >= 15 is 0 Å². The van der Waals surface area contributed by atoms with Gasteiger partial charge in [0.2, 0.25) is 5.91 Å². The molecule has 0 aromatic heterocycles. The zero-order valence-electron chi connectivity index (χ0n) is 12.5. The molecule has 0 spiro atoms. The lowest BCUT2D eigenvalue weighted by molar-refractivity contribution is -0.145. The monoisotopic (exact) mass is 240 g/mol. The first-order valence-corrected chi connectivity index (χ1v) is 6.62. The molecule has 3 heteroatoms. The SMILES string of the molecule is CC(C)C(=O)N1CCN(C(C)(C)C)CC1(C)C. The molecule has 17 heavy (non-hydrogen) atoms. The third kappa shape index (κ3) is 3.21. The summed E-state index contributed by atoms with van der Waals surface area (Å²) in [5.74, 6) is 0.374. The summed E-state index contributed by atoms with van der Waals surface area (Å²) in [6, 6.07) is 0. The maximum Gasteiger partial charge on any atom is 0.225 e. The first-order chi connectivity index (χ1) is 7.55. The van der Waals surface area contributed by atoms with Gasteiger partial charge in [0.15, 0.2) is 0 Å². The number of piperazine rings is 1. The Kier molecular flexibility index (Phi) is 3.92. The molecule has 0 radical (unpaired) electrons. The second-order valence-electron chi connectivity index (χ2n) is 7.05. The fourth-order valence-corrected chi connectivity index (χ4v) is 2.45. The van der Waals surface area contributed by atoms with Crippen LogP contribution < -0.4 is 0 Å². The Balaban J connectivity index is 2.80. The third-order valence-electron chi connectivity index (χ3n) is 3.61. The zero-order chi connectivity index (χ0) is 13.4. The molecule has 0 aliphatic carbocycles. The first-order valence-electron chi connectivity index (χ1n) is 6.62. The first kappa shape index (κ1) is 14.5. The standard InChI is InChI=1S/C14H28N2O/c1-11(2)12(17)16-9-8-15(13(3,4)5)10-14(16,6)7/h11H,8-10H2,1-7H3. The summed E-state index contributed by atoms with van der Waals surface area (Å²) in [7, 11) is 0. The van der Waals surface area contributed by atoms with Crippen molar-refractivity contribution in [1.29, 1.82) is 0 Å². The molecule has 1 fully saturated rings. The summed E-state index contributed by atoms with van der Waals surface area (Å²) in [4.78, 5) is 16.7. The summed E-state index contributed by atoms with van der Waals surface area (Å²) in [6.07, 6.45) is 0. The molecule has 0 unspecified atom stereocenters. The highest BCUT2D eigenvalue weighted by atomic mass is 16.2. The normalized spacial score (nSPS) is 22.0. The summed E-state index contributed by atoms with van der Waals surface area (Å²) in [5, 5.41) is 0. The summed E-state index contributed by atoms with van der Waals surface area (Å²) in [6.45, 7) is 17.8. The molecule has 0 saturated carbocycles. The molecule has 1 amide bonds. The lowest BCUT2D eigenvalue weighted by Gasteiger charge is -2.51. The molecule has 1 aliphatic heterocycles. The van der Waals surface area contributed by atoms with E-state index in [9.17, 15) is 4.79 Å². The average molecular weight is 240 g/mol. The van der Waals surface area contributed by atoms with Gasteiger partial charge in [0.05, 0.1) is 0 Å². The van der Waals surface area contributed by atoms with E-state index in [-0.39, 0.29) is 22.9 Å². The van der Waals surface area contributed by atoms with Gasteiger partial charge in [-0.15, -0.1) is 0 Å². The van der Waals surface area contributed by atoms with Crippen LogP contribution in [0.1, 0.15) is 48.5 Å². The minimum absolute atomic E-state index is 0.0626. The molecule has 3 nitrogen and oxygen atoms in total. The topological polar surface area (TPSA) is 23.6 Å². The van der Waals surface area contributed by atoms with Gasteiger partial charge in [0, 0.05) is 36.6 Å². The molecule has 0 aromatic carbocycles. The van der Waals surface area contributed by atoms with Crippen molar-refractivity contribution in [1.82, 2.24) is 9.80 Å². The van der Waals surface area contributed by atoms with E-state index in [2.05, 4.69) is 44.4 Å². The van der Waals surface area contributed by atoms with Gasteiger partial charge >= 0.3 is 0 Å². The minimum Gasteiger partial charge on any atom is -0.335 e. The van der Waals surface area contributed by atoms with Crippen LogP contribution in [0.15, 0.2) is 0 Å². The Hall–Kier alpha value is -0.570. The fourth-order valence-electron chi connectivity index (χ4n) is 2.45. The average Bonchev–Trinajstić information content (AvgIpc) is 2.13. The number of rotatable bonds is 1. The van der Waals surface area contributed by atoms with E-state index in [4.69, 9.17) is 0 Å². The number of carbonyl (C=O) groups excluding carboxylic acids is 1. The van der Waals surface area contributed by atoms with Crippen LogP contribution in [0.2, 0.25) is 0 Å². The van der Waals surface area contributed by atoms with Gasteiger partial charge in [0.1, 0.15) is 0 Å². The maximum atomic E-state index is 12.2. The van der Waals surface area contributed by atoms with Gasteiger partial charge in [-0.1, -0.05) is 13.8 Å². The Morgan fingerprint density at radius 2 is 1.71 bits per heavy atom. The number of hydrogen-bond acceptors (Lipinski definition) is 2. The Labute approximate surface area is 106 Å². The van der Waals surface area contributed by atoms with E-state index in [0.717, 1.165) is 19.6 Å². The number of amides is 1. The van der Waals surface area contributed by atoms with Crippen molar-refractivity contribution in [2.75, 3.05) is 19.6 Å². The summed E-state index contributed by atoms with van der Waals surface area (Å²) < 4.78 is 0. The van der Waals surface area contributed by atoms with Crippen molar-refractivity contribution in [3.8, 4) is 0 Å². The number of carbonyl (C=O) groups is 1. The van der Waals surface area contributed by atoms with E-state index < -0.39 is 0 Å². The lowest BCUT2D eigenvalue weighted by atomic mass is 9.93. The van der Waals surface area contributed by atoms with Crippen molar-refractivity contribution >= 4 is 5.91 Å². The molecule has 0 N–H and O–H groups in total. The van der Waals surface area contributed by atoms with E-state index in [1.54, 1.807) is 0 Å². The van der Waals surface area contributed by atoms with Gasteiger partial charge in [-0.3, -0.25) is 9.69 Å². The minimum atomic E-state index is -0.0626. The third-order valence-corrected chi connectivity index (χ3v) is 3.61. The molecule has 1 heterocycles. The smallest absolute Gasteiger partial charge is 0.225 e. The molecular weight excluding hydrogens is 212 g/mol. The van der Waals surface area contributed by atoms with Crippen molar-refractivity contribution in [3.63, 3.8) is 0 Å². The van der Waals surface area contributed by atoms with Crippen LogP contribution in [-0.4, -0.2) is 46.4 Å². The summed E-state index contributed by atoms with van der Waals surface area (Å²) >= 11 is 0. The quantitative estimate of drug-likeness (QED) is 0.702. The van der Waals surface area contributed by atoms with Crippen LogP contribution in [0.5, 0.6) is 0 Å². The van der Waals surface area contributed by atoms with Gasteiger partial charge < -0.3 is 4.90 Å². The highest BCUT2D eigenvalue weighted by molar-refractivity contribution is 5.79. The van der Waals surface area contributed by atoms with Gasteiger partial charge in [-0.25, -0.2) is 0 Å². The summed E-state index contributed by atoms with van der Waals surface area (Å²) in [5.41, 5.74) is 0.122. The molecule has 0 atom stereocenters.